The number of rotatable bonds is 4. The first-order valence-electron chi connectivity index (χ1n) is 8.75. The average Bonchev–Trinajstić information content (AvgIpc) is 2.64. The van der Waals surface area contributed by atoms with E-state index in [2.05, 4.69) is 46.2 Å². The van der Waals surface area contributed by atoms with Gasteiger partial charge >= 0.3 is 6.03 Å². The molecule has 1 atom stereocenters. The highest BCUT2D eigenvalue weighted by molar-refractivity contribution is 5.74. The van der Waals surface area contributed by atoms with Gasteiger partial charge in [-0.05, 0) is 37.5 Å². The fourth-order valence-electron chi connectivity index (χ4n) is 3.09. The Morgan fingerprint density at radius 1 is 1.12 bits per heavy atom. The second-order valence-electron chi connectivity index (χ2n) is 6.50. The fraction of sp³-hybridized carbons (Fsp3) is 0.421. The zero-order chi connectivity index (χ0) is 17.6. The van der Waals surface area contributed by atoms with Gasteiger partial charge in [0.05, 0.1) is 0 Å². The van der Waals surface area contributed by atoms with Crippen LogP contribution in [0.15, 0.2) is 42.7 Å². The molecule has 2 amide bonds. The zero-order valence-corrected chi connectivity index (χ0v) is 14.9. The molecule has 0 spiro atoms. The number of benzene rings is 1. The van der Waals surface area contributed by atoms with Crippen molar-refractivity contribution in [2.75, 3.05) is 31.1 Å². The predicted molar refractivity (Wildman–Crippen MR) is 98.7 cm³/mol. The quantitative estimate of drug-likeness (QED) is 0.928. The van der Waals surface area contributed by atoms with Gasteiger partial charge in [-0.1, -0.05) is 24.3 Å². The number of anilines is 1. The molecular formula is C19H25N5O. The van der Waals surface area contributed by atoms with Gasteiger partial charge < -0.3 is 15.1 Å². The molecule has 1 aliphatic heterocycles. The van der Waals surface area contributed by atoms with Gasteiger partial charge in [0.15, 0.2) is 0 Å². The van der Waals surface area contributed by atoms with E-state index in [4.69, 9.17) is 0 Å². The van der Waals surface area contributed by atoms with Crippen molar-refractivity contribution in [3.8, 4) is 0 Å². The van der Waals surface area contributed by atoms with Gasteiger partial charge in [0.1, 0.15) is 0 Å². The Bertz CT molecular complexity index is 698. The second-order valence-corrected chi connectivity index (χ2v) is 6.50. The molecule has 1 aromatic carbocycles. The van der Waals surface area contributed by atoms with Crippen LogP contribution in [-0.4, -0.2) is 53.1 Å². The van der Waals surface area contributed by atoms with Gasteiger partial charge in [0.25, 0.3) is 0 Å². The van der Waals surface area contributed by atoms with Crippen LogP contribution in [0.2, 0.25) is 0 Å². The summed E-state index contributed by atoms with van der Waals surface area (Å²) in [7, 11) is 0. The zero-order valence-electron chi connectivity index (χ0n) is 14.9. The standard InChI is InChI=1S/C19H25N5O/c1-15-6-3-4-7-17(15)14-16(2)22-19(25)24-12-10-23(11-13-24)18-20-8-5-9-21-18/h3-9,16H,10-14H2,1-2H3,(H,22,25). The van der Waals surface area contributed by atoms with Gasteiger partial charge in [-0.3, -0.25) is 0 Å². The summed E-state index contributed by atoms with van der Waals surface area (Å²) < 4.78 is 0. The molecule has 1 aromatic heterocycles. The first kappa shape index (κ1) is 17.2. The smallest absolute Gasteiger partial charge is 0.317 e. The maximum atomic E-state index is 12.5. The molecule has 1 fully saturated rings. The predicted octanol–water partition coefficient (Wildman–Crippen LogP) is 2.25. The Morgan fingerprint density at radius 3 is 2.48 bits per heavy atom. The molecule has 1 unspecified atom stereocenters. The molecule has 6 heteroatoms. The monoisotopic (exact) mass is 339 g/mol. The number of amides is 2. The van der Waals surface area contributed by atoms with Crippen LogP contribution < -0.4 is 10.2 Å². The fourth-order valence-corrected chi connectivity index (χ4v) is 3.09. The molecule has 0 aliphatic carbocycles. The Morgan fingerprint density at radius 2 is 1.80 bits per heavy atom. The van der Waals surface area contributed by atoms with Crippen molar-refractivity contribution in [3.63, 3.8) is 0 Å². The molecule has 3 rings (SSSR count). The van der Waals surface area contributed by atoms with Crippen molar-refractivity contribution in [1.82, 2.24) is 20.2 Å². The maximum Gasteiger partial charge on any atom is 0.317 e. The first-order chi connectivity index (χ1) is 12.1. The molecule has 132 valence electrons. The van der Waals surface area contributed by atoms with Gasteiger partial charge in [-0.2, -0.15) is 0 Å². The van der Waals surface area contributed by atoms with E-state index in [1.54, 1.807) is 12.4 Å². The van der Waals surface area contributed by atoms with E-state index in [0.29, 0.717) is 13.1 Å². The molecule has 6 nitrogen and oxygen atoms in total. The van der Waals surface area contributed by atoms with E-state index in [-0.39, 0.29) is 12.1 Å². The normalized spacial score (nSPS) is 15.8. The van der Waals surface area contributed by atoms with Crippen molar-refractivity contribution in [1.29, 1.82) is 0 Å². The van der Waals surface area contributed by atoms with Gasteiger partial charge in [-0.25, -0.2) is 14.8 Å². The van der Waals surface area contributed by atoms with Crippen LogP contribution in [0.3, 0.4) is 0 Å². The average molecular weight is 339 g/mol. The van der Waals surface area contributed by atoms with E-state index >= 15 is 0 Å². The number of aryl methyl sites for hydroxylation is 1. The lowest BCUT2D eigenvalue weighted by atomic mass is 10.0. The summed E-state index contributed by atoms with van der Waals surface area (Å²) in [4.78, 5) is 25.0. The van der Waals surface area contributed by atoms with Crippen molar-refractivity contribution in [3.05, 3.63) is 53.9 Å². The van der Waals surface area contributed by atoms with Gasteiger partial charge in [-0.15, -0.1) is 0 Å². The summed E-state index contributed by atoms with van der Waals surface area (Å²) in [5.74, 6) is 0.732. The molecule has 1 N–H and O–H groups in total. The molecule has 25 heavy (non-hydrogen) atoms. The van der Waals surface area contributed by atoms with E-state index in [1.807, 2.05) is 23.1 Å². The highest BCUT2D eigenvalue weighted by atomic mass is 16.2. The molecule has 0 bridgehead atoms. The lowest BCUT2D eigenvalue weighted by molar-refractivity contribution is 0.190. The third-order valence-corrected chi connectivity index (χ3v) is 4.56. The summed E-state index contributed by atoms with van der Waals surface area (Å²) in [6, 6.07) is 10.2. The number of carbonyl (C=O) groups excluding carboxylic acids is 1. The van der Waals surface area contributed by atoms with Crippen LogP contribution >= 0.6 is 0 Å². The van der Waals surface area contributed by atoms with Crippen LogP contribution in [-0.2, 0) is 6.42 Å². The van der Waals surface area contributed by atoms with Crippen molar-refractivity contribution in [2.24, 2.45) is 0 Å². The summed E-state index contributed by atoms with van der Waals surface area (Å²) in [5, 5.41) is 3.12. The molecule has 2 aromatic rings. The Balaban J connectivity index is 1.48. The number of nitrogens with one attached hydrogen (secondary N) is 1. The number of carbonyl (C=O) groups is 1. The number of aromatic nitrogens is 2. The van der Waals surface area contributed by atoms with Crippen molar-refractivity contribution < 1.29 is 4.79 Å². The van der Waals surface area contributed by atoms with Crippen LogP contribution in [0.1, 0.15) is 18.1 Å². The summed E-state index contributed by atoms with van der Waals surface area (Å²) in [5.41, 5.74) is 2.54. The molecule has 0 saturated carbocycles. The number of nitrogens with zero attached hydrogens (tertiary/aromatic N) is 4. The number of piperazine rings is 1. The summed E-state index contributed by atoms with van der Waals surface area (Å²) >= 11 is 0. The Labute approximate surface area is 148 Å². The highest BCUT2D eigenvalue weighted by Crippen LogP contribution is 2.12. The van der Waals surface area contributed by atoms with Crippen molar-refractivity contribution >= 4 is 12.0 Å². The third kappa shape index (κ3) is 4.47. The van der Waals surface area contributed by atoms with Crippen molar-refractivity contribution in [2.45, 2.75) is 26.3 Å². The van der Waals surface area contributed by atoms with E-state index in [0.717, 1.165) is 25.5 Å². The number of hydrogen-bond acceptors (Lipinski definition) is 4. The lowest BCUT2D eigenvalue weighted by Gasteiger charge is -2.35. The topological polar surface area (TPSA) is 61.4 Å². The largest absolute Gasteiger partial charge is 0.337 e. The van der Waals surface area contributed by atoms with E-state index < -0.39 is 0 Å². The second kappa shape index (κ2) is 7.96. The van der Waals surface area contributed by atoms with Crippen LogP contribution in [0.25, 0.3) is 0 Å². The van der Waals surface area contributed by atoms with Crippen LogP contribution in [0.4, 0.5) is 10.7 Å². The number of hydrogen-bond donors (Lipinski definition) is 1. The van der Waals surface area contributed by atoms with E-state index in [9.17, 15) is 4.79 Å². The molecular weight excluding hydrogens is 314 g/mol. The Hall–Kier alpha value is -2.63. The van der Waals surface area contributed by atoms with Gasteiger partial charge in [0.2, 0.25) is 5.95 Å². The minimum absolute atomic E-state index is 0.00899. The molecule has 2 heterocycles. The number of urea groups is 1. The SMILES string of the molecule is Cc1ccccc1CC(C)NC(=O)N1CCN(c2ncccn2)CC1. The molecule has 0 radical (unpaired) electrons. The first-order valence-corrected chi connectivity index (χ1v) is 8.75. The lowest BCUT2D eigenvalue weighted by Crippen LogP contribution is -2.53. The summed E-state index contributed by atoms with van der Waals surface area (Å²) in [6.45, 7) is 7.03. The minimum Gasteiger partial charge on any atom is -0.337 e. The van der Waals surface area contributed by atoms with Crippen LogP contribution in [0.5, 0.6) is 0 Å². The van der Waals surface area contributed by atoms with Crippen LogP contribution in [0, 0.1) is 6.92 Å². The maximum absolute atomic E-state index is 12.5. The highest BCUT2D eigenvalue weighted by Gasteiger charge is 2.23. The van der Waals surface area contributed by atoms with Gasteiger partial charge in [0, 0.05) is 44.6 Å². The third-order valence-electron chi connectivity index (χ3n) is 4.56. The minimum atomic E-state index is 0.00899. The van der Waals surface area contributed by atoms with E-state index in [1.165, 1.54) is 11.1 Å². The molecule has 1 saturated heterocycles. The summed E-state index contributed by atoms with van der Waals surface area (Å²) in [6.07, 6.45) is 4.33. The molecule has 1 aliphatic rings. The Kier molecular flexibility index (Phi) is 5.48.